The SMILES string of the molecule is CCC1CCC(N)C(c2cccc(OC(C)C)c2)C1. The normalized spacial score (nSPS) is 27.5. The third kappa shape index (κ3) is 3.73. The Balaban J connectivity index is 2.15. The Hall–Kier alpha value is -1.02. The predicted molar refractivity (Wildman–Crippen MR) is 80.6 cm³/mol. The van der Waals surface area contributed by atoms with E-state index in [4.69, 9.17) is 10.5 Å². The van der Waals surface area contributed by atoms with E-state index in [2.05, 4.69) is 39.0 Å². The summed E-state index contributed by atoms with van der Waals surface area (Å²) in [5.41, 5.74) is 7.69. The van der Waals surface area contributed by atoms with Gasteiger partial charge in [0.05, 0.1) is 6.10 Å². The fourth-order valence-corrected chi connectivity index (χ4v) is 3.13. The van der Waals surface area contributed by atoms with Gasteiger partial charge in [-0.2, -0.15) is 0 Å². The zero-order valence-corrected chi connectivity index (χ0v) is 12.4. The summed E-state index contributed by atoms with van der Waals surface area (Å²) in [6.45, 7) is 6.41. The van der Waals surface area contributed by atoms with Crippen molar-refractivity contribution >= 4 is 0 Å². The van der Waals surface area contributed by atoms with Crippen LogP contribution in [0.15, 0.2) is 24.3 Å². The minimum atomic E-state index is 0.221. The number of benzene rings is 1. The first-order valence-corrected chi connectivity index (χ1v) is 7.62. The quantitative estimate of drug-likeness (QED) is 0.885. The molecular formula is C17H27NO. The maximum atomic E-state index is 6.34. The third-order valence-electron chi connectivity index (χ3n) is 4.25. The Bertz CT molecular complexity index is 402. The van der Waals surface area contributed by atoms with E-state index in [0.29, 0.717) is 12.0 Å². The molecule has 0 amide bonds. The number of rotatable bonds is 4. The fraction of sp³-hybridized carbons (Fsp3) is 0.647. The Morgan fingerprint density at radius 2 is 2.11 bits per heavy atom. The van der Waals surface area contributed by atoms with Crippen LogP contribution in [0.2, 0.25) is 0 Å². The van der Waals surface area contributed by atoms with Gasteiger partial charge in [-0.25, -0.2) is 0 Å². The highest BCUT2D eigenvalue weighted by atomic mass is 16.5. The van der Waals surface area contributed by atoms with Gasteiger partial charge in [0.15, 0.2) is 0 Å². The predicted octanol–water partition coefficient (Wildman–Crippen LogP) is 4.09. The van der Waals surface area contributed by atoms with Crippen LogP contribution in [0, 0.1) is 5.92 Å². The molecule has 0 spiro atoms. The van der Waals surface area contributed by atoms with Crippen LogP contribution in [0.25, 0.3) is 0 Å². The van der Waals surface area contributed by atoms with Crippen molar-refractivity contribution in [3.05, 3.63) is 29.8 Å². The Labute approximate surface area is 117 Å². The first-order valence-electron chi connectivity index (χ1n) is 7.62. The second kappa shape index (κ2) is 6.42. The van der Waals surface area contributed by atoms with Crippen molar-refractivity contribution in [1.29, 1.82) is 0 Å². The summed E-state index contributed by atoms with van der Waals surface area (Å²) in [5.74, 6) is 2.30. The van der Waals surface area contributed by atoms with Crippen molar-refractivity contribution in [2.75, 3.05) is 0 Å². The molecule has 0 saturated heterocycles. The van der Waals surface area contributed by atoms with Gasteiger partial charge in [-0.05, 0) is 62.6 Å². The van der Waals surface area contributed by atoms with E-state index in [1.165, 1.54) is 24.8 Å². The smallest absolute Gasteiger partial charge is 0.119 e. The summed E-state index contributed by atoms with van der Waals surface area (Å²) >= 11 is 0. The highest BCUT2D eigenvalue weighted by Crippen LogP contribution is 2.37. The summed E-state index contributed by atoms with van der Waals surface area (Å²) in [5, 5.41) is 0. The molecule has 2 nitrogen and oxygen atoms in total. The zero-order chi connectivity index (χ0) is 13.8. The summed E-state index contributed by atoms with van der Waals surface area (Å²) in [7, 11) is 0. The van der Waals surface area contributed by atoms with Gasteiger partial charge in [-0.1, -0.05) is 25.5 Å². The first-order chi connectivity index (χ1) is 9.10. The minimum absolute atomic E-state index is 0.221. The van der Waals surface area contributed by atoms with Crippen molar-refractivity contribution in [2.24, 2.45) is 11.7 Å². The van der Waals surface area contributed by atoms with Crippen LogP contribution in [0.5, 0.6) is 5.75 Å². The molecule has 106 valence electrons. The summed E-state index contributed by atoms with van der Waals surface area (Å²) < 4.78 is 5.79. The lowest BCUT2D eigenvalue weighted by Gasteiger charge is -2.34. The van der Waals surface area contributed by atoms with Gasteiger partial charge in [0.25, 0.3) is 0 Å². The van der Waals surface area contributed by atoms with E-state index in [9.17, 15) is 0 Å². The Kier molecular flexibility index (Phi) is 4.87. The largest absolute Gasteiger partial charge is 0.491 e. The number of hydrogen-bond donors (Lipinski definition) is 1. The van der Waals surface area contributed by atoms with E-state index in [-0.39, 0.29) is 6.10 Å². The van der Waals surface area contributed by atoms with Crippen LogP contribution in [-0.4, -0.2) is 12.1 Å². The summed E-state index contributed by atoms with van der Waals surface area (Å²) in [6.07, 6.45) is 5.15. The molecule has 0 heterocycles. The molecule has 0 aliphatic heterocycles. The van der Waals surface area contributed by atoms with Crippen LogP contribution < -0.4 is 10.5 Å². The molecule has 19 heavy (non-hydrogen) atoms. The molecule has 1 aromatic rings. The van der Waals surface area contributed by atoms with Crippen LogP contribution in [0.4, 0.5) is 0 Å². The second-order valence-electron chi connectivity index (χ2n) is 6.10. The lowest BCUT2D eigenvalue weighted by atomic mass is 9.74. The average Bonchev–Trinajstić information content (AvgIpc) is 2.39. The highest BCUT2D eigenvalue weighted by molar-refractivity contribution is 5.32. The molecule has 1 aliphatic rings. The van der Waals surface area contributed by atoms with E-state index in [1.54, 1.807) is 0 Å². The van der Waals surface area contributed by atoms with Gasteiger partial charge in [-0.15, -0.1) is 0 Å². The van der Waals surface area contributed by atoms with Crippen molar-refractivity contribution < 1.29 is 4.74 Å². The monoisotopic (exact) mass is 261 g/mol. The Morgan fingerprint density at radius 3 is 2.79 bits per heavy atom. The molecule has 1 fully saturated rings. The van der Waals surface area contributed by atoms with Crippen LogP contribution in [-0.2, 0) is 0 Å². The highest BCUT2D eigenvalue weighted by Gasteiger charge is 2.28. The summed E-state index contributed by atoms with van der Waals surface area (Å²) in [6, 6.07) is 8.82. The van der Waals surface area contributed by atoms with Crippen LogP contribution in [0.1, 0.15) is 57.9 Å². The van der Waals surface area contributed by atoms with E-state index < -0.39 is 0 Å². The number of nitrogens with two attached hydrogens (primary N) is 1. The van der Waals surface area contributed by atoms with Gasteiger partial charge in [0.1, 0.15) is 5.75 Å². The Morgan fingerprint density at radius 1 is 1.32 bits per heavy atom. The van der Waals surface area contributed by atoms with Gasteiger partial charge >= 0.3 is 0 Å². The maximum Gasteiger partial charge on any atom is 0.119 e. The maximum absolute atomic E-state index is 6.34. The molecule has 2 rings (SSSR count). The molecule has 3 unspecified atom stereocenters. The molecule has 2 heteroatoms. The lowest BCUT2D eigenvalue weighted by molar-refractivity contribution is 0.241. The molecule has 1 aliphatic carbocycles. The van der Waals surface area contributed by atoms with E-state index in [0.717, 1.165) is 18.1 Å². The number of hydrogen-bond acceptors (Lipinski definition) is 2. The second-order valence-corrected chi connectivity index (χ2v) is 6.10. The average molecular weight is 261 g/mol. The zero-order valence-electron chi connectivity index (χ0n) is 12.4. The van der Waals surface area contributed by atoms with Crippen LogP contribution >= 0.6 is 0 Å². The standard InChI is InChI=1S/C17H27NO/c1-4-13-8-9-17(18)16(10-13)14-6-5-7-15(11-14)19-12(2)3/h5-7,11-13,16-17H,4,8-10,18H2,1-3H3. The van der Waals surface area contributed by atoms with E-state index in [1.807, 2.05) is 6.07 Å². The van der Waals surface area contributed by atoms with Crippen molar-refractivity contribution in [3.63, 3.8) is 0 Å². The lowest BCUT2D eigenvalue weighted by Crippen LogP contribution is -2.34. The molecular weight excluding hydrogens is 234 g/mol. The molecule has 0 aromatic heterocycles. The first kappa shape index (κ1) is 14.4. The van der Waals surface area contributed by atoms with Gasteiger partial charge in [-0.3, -0.25) is 0 Å². The van der Waals surface area contributed by atoms with Crippen molar-refractivity contribution in [2.45, 2.75) is 64.5 Å². The van der Waals surface area contributed by atoms with Gasteiger partial charge in [0, 0.05) is 6.04 Å². The van der Waals surface area contributed by atoms with Gasteiger partial charge < -0.3 is 10.5 Å². The van der Waals surface area contributed by atoms with Crippen LogP contribution in [0.3, 0.4) is 0 Å². The summed E-state index contributed by atoms with van der Waals surface area (Å²) in [4.78, 5) is 0. The molecule has 3 atom stereocenters. The number of ether oxygens (including phenoxy) is 1. The third-order valence-corrected chi connectivity index (χ3v) is 4.25. The van der Waals surface area contributed by atoms with Crippen molar-refractivity contribution in [3.8, 4) is 5.75 Å². The molecule has 0 bridgehead atoms. The molecule has 0 radical (unpaired) electrons. The minimum Gasteiger partial charge on any atom is -0.491 e. The molecule has 1 aromatic carbocycles. The van der Waals surface area contributed by atoms with Crippen molar-refractivity contribution in [1.82, 2.24) is 0 Å². The molecule has 1 saturated carbocycles. The fourth-order valence-electron chi connectivity index (χ4n) is 3.13. The topological polar surface area (TPSA) is 35.2 Å². The molecule has 2 N–H and O–H groups in total. The van der Waals surface area contributed by atoms with E-state index >= 15 is 0 Å². The van der Waals surface area contributed by atoms with Gasteiger partial charge in [0.2, 0.25) is 0 Å².